The minimum absolute atomic E-state index is 0.455. The Balaban J connectivity index is 3.33. The number of carbonyl (C=O) groups is 1. The number of rotatable bonds is 3. The monoisotopic (exact) mass is 312 g/mol. The van der Waals surface area contributed by atoms with Crippen molar-refractivity contribution in [3.63, 3.8) is 0 Å². The predicted octanol–water partition coefficient (Wildman–Crippen LogP) is 3.55. The molecule has 0 bridgehead atoms. The average Bonchev–Trinajstić information content (AvgIpc) is 2.36. The molecular formula is C10H6F6N4O. The number of nitrogens with one attached hydrogen (secondary N) is 1. The van der Waals surface area contributed by atoms with E-state index in [9.17, 15) is 31.1 Å². The van der Waals surface area contributed by atoms with Gasteiger partial charge >= 0.3 is 18.0 Å². The zero-order valence-corrected chi connectivity index (χ0v) is 9.90. The van der Waals surface area contributed by atoms with Gasteiger partial charge < -0.3 is 5.32 Å². The van der Waals surface area contributed by atoms with Crippen molar-refractivity contribution in [3.05, 3.63) is 46.3 Å². The minimum Gasteiger partial charge on any atom is -0.326 e. The van der Waals surface area contributed by atoms with E-state index in [4.69, 9.17) is 5.53 Å². The quantitative estimate of drug-likeness (QED) is 0.394. The number of alkyl halides is 6. The SMILES string of the molecule is [N-]=[N+]=NC(NC(=O)c1ccccc1)(C(F)(F)F)C(F)(F)F. The maximum absolute atomic E-state index is 12.7. The van der Waals surface area contributed by atoms with E-state index < -0.39 is 29.5 Å². The molecule has 1 N–H and O–H groups in total. The first-order valence-corrected chi connectivity index (χ1v) is 5.12. The van der Waals surface area contributed by atoms with Gasteiger partial charge in [-0.05, 0) is 22.8 Å². The van der Waals surface area contributed by atoms with Crippen LogP contribution in [-0.2, 0) is 0 Å². The van der Waals surface area contributed by atoms with Crippen molar-refractivity contribution in [1.82, 2.24) is 5.32 Å². The topological polar surface area (TPSA) is 77.9 Å². The molecule has 0 heterocycles. The zero-order valence-electron chi connectivity index (χ0n) is 9.90. The van der Waals surface area contributed by atoms with E-state index in [2.05, 4.69) is 0 Å². The summed E-state index contributed by atoms with van der Waals surface area (Å²) < 4.78 is 76.4. The first-order valence-electron chi connectivity index (χ1n) is 5.12. The molecule has 0 saturated carbocycles. The van der Waals surface area contributed by atoms with Crippen LogP contribution in [0.1, 0.15) is 10.4 Å². The molecule has 114 valence electrons. The zero-order chi connectivity index (χ0) is 16.3. The molecule has 11 heteroatoms. The summed E-state index contributed by atoms with van der Waals surface area (Å²) in [4.78, 5) is 13.1. The van der Waals surface area contributed by atoms with Crippen molar-refractivity contribution in [2.75, 3.05) is 0 Å². The Kier molecular flexibility index (Phi) is 4.37. The van der Waals surface area contributed by atoms with E-state index in [1.54, 1.807) is 10.0 Å². The van der Waals surface area contributed by atoms with Crippen molar-refractivity contribution in [2.45, 2.75) is 18.0 Å². The maximum atomic E-state index is 12.7. The average molecular weight is 312 g/mol. The Morgan fingerprint density at radius 2 is 1.52 bits per heavy atom. The number of nitrogens with zero attached hydrogens (tertiary/aromatic N) is 3. The summed E-state index contributed by atoms with van der Waals surface area (Å²) >= 11 is 0. The van der Waals surface area contributed by atoms with Crippen LogP contribution in [0.2, 0.25) is 0 Å². The van der Waals surface area contributed by atoms with Crippen LogP contribution in [0.4, 0.5) is 26.3 Å². The van der Waals surface area contributed by atoms with Crippen molar-refractivity contribution in [1.29, 1.82) is 0 Å². The van der Waals surface area contributed by atoms with Gasteiger partial charge in [0, 0.05) is 10.5 Å². The van der Waals surface area contributed by atoms with Crippen LogP contribution >= 0.6 is 0 Å². The fraction of sp³-hybridized carbons (Fsp3) is 0.300. The molecule has 1 aromatic rings. The summed E-state index contributed by atoms with van der Waals surface area (Å²) in [5.74, 6) is -1.68. The summed E-state index contributed by atoms with van der Waals surface area (Å²) in [7, 11) is 0. The highest BCUT2D eigenvalue weighted by atomic mass is 19.4. The Morgan fingerprint density at radius 3 is 1.90 bits per heavy atom. The van der Waals surface area contributed by atoms with Crippen LogP contribution in [0.5, 0.6) is 0 Å². The Bertz CT molecular complexity index is 547. The number of hydrogen-bond acceptors (Lipinski definition) is 2. The molecule has 0 aliphatic heterocycles. The molecule has 21 heavy (non-hydrogen) atoms. The van der Waals surface area contributed by atoms with E-state index in [0.717, 1.165) is 17.4 Å². The highest BCUT2D eigenvalue weighted by Crippen LogP contribution is 2.44. The second kappa shape index (κ2) is 5.52. The van der Waals surface area contributed by atoms with Gasteiger partial charge in [-0.2, -0.15) is 26.3 Å². The number of benzene rings is 1. The second-order valence-electron chi connectivity index (χ2n) is 3.72. The Hall–Kier alpha value is -2.42. The lowest BCUT2D eigenvalue weighted by molar-refractivity contribution is -0.301. The smallest absolute Gasteiger partial charge is 0.326 e. The fourth-order valence-electron chi connectivity index (χ4n) is 1.33. The Labute approximate surface area is 113 Å². The first-order chi connectivity index (χ1) is 9.55. The molecule has 5 nitrogen and oxygen atoms in total. The Morgan fingerprint density at radius 1 is 1.05 bits per heavy atom. The third-order valence-corrected chi connectivity index (χ3v) is 2.35. The maximum Gasteiger partial charge on any atom is 0.426 e. The summed E-state index contributed by atoms with van der Waals surface area (Å²) in [5, 5.41) is 2.48. The molecule has 0 saturated heterocycles. The molecule has 0 atom stereocenters. The highest BCUT2D eigenvalue weighted by Gasteiger charge is 2.72. The van der Waals surface area contributed by atoms with Crippen molar-refractivity contribution >= 4 is 5.91 Å². The normalized spacial score (nSPS) is 12.5. The predicted molar refractivity (Wildman–Crippen MR) is 57.9 cm³/mol. The first kappa shape index (κ1) is 16.6. The van der Waals surface area contributed by atoms with Crippen LogP contribution in [0, 0.1) is 0 Å². The van der Waals surface area contributed by atoms with Gasteiger partial charge in [-0.3, -0.25) is 4.79 Å². The molecule has 0 radical (unpaired) electrons. The van der Waals surface area contributed by atoms with E-state index in [-0.39, 0.29) is 0 Å². The van der Waals surface area contributed by atoms with Gasteiger partial charge in [0.05, 0.1) is 0 Å². The molecule has 0 unspecified atom stereocenters. The van der Waals surface area contributed by atoms with Crippen LogP contribution in [-0.4, -0.2) is 23.9 Å². The van der Waals surface area contributed by atoms with Crippen LogP contribution < -0.4 is 5.32 Å². The van der Waals surface area contributed by atoms with E-state index in [1.807, 2.05) is 0 Å². The molecule has 0 spiro atoms. The molecule has 0 aromatic heterocycles. The largest absolute Gasteiger partial charge is 0.426 e. The van der Waals surface area contributed by atoms with Crippen LogP contribution in [0.25, 0.3) is 10.4 Å². The number of carbonyl (C=O) groups excluding carboxylic acids is 1. The molecule has 0 fully saturated rings. The minimum atomic E-state index is -6.07. The van der Waals surface area contributed by atoms with Crippen LogP contribution in [0.3, 0.4) is 0 Å². The number of halogens is 6. The molecule has 1 amide bonds. The van der Waals surface area contributed by atoms with E-state index >= 15 is 0 Å². The summed E-state index contributed by atoms with van der Waals surface area (Å²) in [6.07, 6.45) is -12.1. The lowest BCUT2D eigenvalue weighted by atomic mass is 10.1. The van der Waals surface area contributed by atoms with Crippen molar-refractivity contribution in [2.24, 2.45) is 5.11 Å². The lowest BCUT2D eigenvalue weighted by Gasteiger charge is -2.33. The van der Waals surface area contributed by atoms with Gasteiger partial charge in [0.15, 0.2) is 0 Å². The van der Waals surface area contributed by atoms with Gasteiger partial charge in [-0.1, -0.05) is 18.2 Å². The van der Waals surface area contributed by atoms with Gasteiger partial charge in [0.25, 0.3) is 5.91 Å². The fourth-order valence-corrected chi connectivity index (χ4v) is 1.33. The third-order valence-electron chi connectivity index (χ3n) is 2.35. The van der Waals surface area contributed by atoms with E-state index in [1.165, 1.54) is 18.2 Å². The number of azide groups is 1. The molecular weight excluding hydrogens is 306 g/mol. The highest BCUT2D eigenvalue weighted by molar-refractivity contribution is 5.94. The molecule has 1 rings (SSSR count). The number of amides is 1. The van der Waals surface area contributed by atoms with Crippen molar-refractivity contribution < 1.29 is 31.1 Å². The molecule has 0 aliphatic carbocycles. The van der Waals surface area contributed by atoms with Gasteiger partial charge in [0.1, 0.15) is 0 Å². The van der Waals surface area contributed by atoms with Gasteiger partial charge in [0.2, 0.25) is 0 Å². The summed E-state index contributed by atoms with van der Waals surface area (Å²) in [6, 6.07) is 5.90. The van der Waals surface area contributed by atoms with Crippen LogP contribution in [0.15, 0.2) is 35.4 Å². The second-order valence-corrected chi connectivity index (χ2v) is 3.72. The van der Waals surface area contributed by atoms with Gasteiger partial charge in [-0.15, -0.1) is 0 Å². The van der Waals surface area contributed by atoms with Gasteiger partial charge in [-0.25, -0.2) is 0 Å². The standard InChI is InChI=1S/C10H6F6N4O/c11-9(12,13)8(19-20-17,10(14,15)16)18-7(21)6-4-2-1-3-5-6/h1-5H,(H,18,21). The molecule has 0 aliphatic rings. The van der Waals surface area contributed by atoms with E-state index in [0.29, 0.717) is 0 Å². The summed E-state index contributed by atoms with van der Waals surface area (Å²) in [5.41, 5.74) is 2.52. The van der Waals surface area contributed by atoms with Crippen molar-refractivity contribution in [3.8, 4) is 0 Å². The molecule has 1 aromatic carbocycles. The number of hydrogen-bond donors (Lipinski definition) is 1. The third kappa shape index (κ3) is 3.19. The summed E-state index contributed by atoms with van der Waals surface area (Å²) in [6.45, 7) is 0. The lowest BCUT2D eigenvalue weighted by Crippen LogP contribution is -2.66.